The number of rotatable bonds is 4. The number of carbonyl (C=O) groups is 2. The van der Waals surface area contributed by atoms with E-state index in [9.17, 15) is 9.59 Å². The van der Waals surface area contributed by atoms with Crippen LogP contribution >= 0.6 is 0 Å². The summed E-state index contributed by atoms with van der Waals surface area (Å²) in [4.78, 5) is 30.1. The minimum absolute atomic E-state index is 0.189. The van der Waals surface area contributed by atoms with E-state index < -0.39 is 5.97 Å². The third kappa shape index (κ3) is 3.89. The summed E-state index contributed by atoms with van der Waals surface area (Å²) in [6.07, 6.45) is 8.38. The van der Waals surface area contributed by atoms with E-state index in [2.05, 4.69) is 12.2 Å². The van der Waals surface area contributed by atoms with Crippen LogP contribution in [0.15, 0.2) is 24.3 Å². The fourth-order valence-electron chi connectivity index (χ4n) is 4.59. The van der Waals surface area contributed by atoms with Gasteiger partial charge in [-0.25, -0.2) is 4.79 Å². The van der Waals surface area contributed by atoms with Crippen molar-refractivity contribution in [3.05, 3.63) is 41.1 Å². The molecule has 1 aromatic heterocycles. The van der Waals surface area contributed by atoms with Gasteiger partial charge in [-0.2, -0.15) is 0 Å². The molecule has 28 heavy (non-hydrogen) atoms. The van der Waals surface area contributed by atoms with Crippen molar-refractivity contribution in [3.8, 4) is 0 Å². The lowest BCUT2D eigenvalue weighted by Gasteiger charge is -2.29. The van der Waals surface area contributed by atoms with Crippen LogP contribution in [0.3, 0.4) is 0 Å². The third-order valence-corrected chi connectivity index (χ3v) is 6.17. The zero-order valence-electron chi connectivity index (χ0n) is 16.5. The van der Waals surface area contributed by atoms with Gasteiger partial charge in [-0.1, -0.05) is 38.0 Å². The molecule has 1 amide bonds. The van der Waals surface area contributed by atoms with Crippen LogP contribution in [0.2, 0.25) is 0 Å². The third-order valence-electron chi connectivity index (χ3n) is 6.17. The molecule has 2 atom stereocenters. The van der Waals surface area contributed by atoms with Crippen molar-refractivity contribution in [1.82, 2.24) is 10.3 Å². The van der Waals surface area contributed by atoms with E-state index in [0.29, 0.717) is 11.5 Å². The summed E-state index contributed by atoms with van der Waals surface area (Å²) in [5.41, 5.74) is 3.41. The molecule has 2 aliphatic carbocycles. The second kappa shape index (κ2) is 8.29. The van der Waals surface area contributed by atoms with Crippen LogP contribution in [-0.4, -0.2) is 29.5 Å². The van der Waals surface area contributed by atoms with Crippen molar-refractivity contribution in [1.29, 1.82) is 0 Å². The fraction of sp³-hybridized carbons (Fsp3) is 0.522. The first kappa shape index (κ1) is 18.9. The summed E-state index contributed by atoms with van der Waals surface area (Å²) in [5, 5.41) is 3.86. The van der Waals surface area contributed by atoms with E-state index in [0.717, 1.165) is 67.1 Å². The van der Waals surface area contributed by atoms with E-state index in [1.165, 1.54) is 6.42 Å². The number of hydrogen-bond donors (Lipinski definition) is 1. The van der Waals surface area contributed by atoms with Crippen molar-refractivity contribution >= 4 is 22.8 Å². The molecule has 5 heteroatoms. The van der Waals surface area contributed by atoms with E-state index in [-0.39, 0.29) is 18.6 Å². The molecule has 148 valence electrons. The SMILES string of the molecule is C[C@@H]1CCCC[C@H]1NC(=O)COC(=O)c1c2c(nc3ccccc13)CCCC2. The van der Waals surface area contributed by atoms with E-state index in [1.54, 1.807) is 0 Å². The van der Waals surface area contributed by atoms with Gasteiger partial charge in [0.15, 0.2) is 6.61 Å². The summed E-state index contributed by atoms with van der Waals surface area (Å²) >= 11 is 0. The molecule has 5 nitrogen and oxygen atoms in total. The summed E-state index contributed by atoms with van der Waals surface area (Å²) in [6, 6.07) is 7.87. The summed E-state index contributed by atoms with van der Waals surface area (Å²) < 4.78 is 5.46. The Hall–Kier alpha value is -2.43. The maximum Gasteiger partial charge on any atom is 0.339 e. The first-order valence-electron chi connectivity index (χ1n) is 10.5. The van der Waals surface area contributed by atoms with Crippen LogP contribution in [0.4, 0.5) is 0 Å². The van der Waals surface area contributed by atoms with Crippen LogP contribution < -0.4 is 5.32 Å². The summed E-state index contributed by atoms with van der Waals surface area (Å²) in [7, 11) is 0. The Morgan fingerprint density at radius 3 is 2.75 bits per heavy atom. The number of nitrogens with zero attached hydrogens (tertiary/aromatic N) is 1. The van der Waals surface area contributed by atoms with Crippen molar-refractivity contribution in [2.75, 3.05) is 6.61 Å². The van der Waals surface area contributed by atoms with Crippen LogP contribution in [0.5, 0.6) is 0 Å². The number of nitrogens with one attached hydrogen (secondary N) is 1. The monoisotopic (exact) mass is 380 g/mol. The fourth-order valence-corrected chi connectivity index (χ4v) is 4.59. The molecule has 0 unspecified atom stereocenters. The maximum atomic E-state index is 13.0. The highest BCUT2D eigenvalue weighted by Gasteiger charge is 2.26. The lowest BCUT2D eigenvalue weighted by atomic mass is 9.86. The lowest BCUT2D eigenvalue weighted by molar-refractivity contribution is -0.125. The second-order valence-electron chi connectivity index (χ2n) is 8.15. The predicted molar refractivity (Wildman–Crippen MR) is 108 cm³/mol. The molecule has 1 N–H and O–H groups in total. The molecular weight excluding hydrogens is 352 g/mol. The summed E-state index contributed by atoms with van der Waals surface area (Å²) in [5.74, 6) is -0.146. The van der Waals surface area contributed by atoms with Gasteiger partial charge >= 0.3 is 5.97 Å². The average Bonchev–Trinajstić information content (AvgIpc) is 2.72. The number of aromatic nitrogens is 1. The van der Waals surface area contributed by atoms with Gasteiger partial charge in [-0.15, -0.1) is 0 Å². The molecule has 0 radical (unpaired) electrons. The second-order valence-corrected chi connectivity index (χ2v) is 8.15. The van der Waals surface area contributed by atoms with Gasteiger partial charge < -0.3 is 10.1 Å². The van der Waals surface area contributed by atoms with Crippen LogP contribution in [0, 0.1) is 5.92 Å². The largest absolute Gasteiger partial charge is 0.452 e. The van der Waals surface area contributed by atoms with Crippen molar-refractivity contribution in [2.45, 2.75) is 64.3 Å². The molecule has 1 heterocycles. The molecule has 0 spiro atoms. The zero-order chi connectivity index (χ0) is 19.5. The van der Waals surface area contributed by atoms with Gasteiger partial charge in [0.2, 0.25) is 0 Å². The van der Waals surface area contributed by atoms with Gasteiger partial charge in [-0.3, -0.25) is 9.78 Å². The number of amides is 1. The van der Waals surface area contributed by atoms with E-state index in [4.69, 9.17) is 9.72 Å². The zero-order valence-corrected chi connectivity index (χ0v) is 16.5. The molecular formula is C23H28N2O3. The molecule has 0 aliphatic heterocycles. The quantitative estimate of drug-likeness (QED) is 0.815. The van der Waals surface area contributed by atoms with Crippen molar-refractivity contribution < 1.29 is 14.3 Å². The highest BCUT2D eigenvalue weighted by molar-refractivity contribution is 6.05. The van der Waals surface area contributed by atoms with Crippen molar-refractivity contribution in [2.24, 2.45) is 5.92 Å². The topological polar surface area (TPSA) is 68.3 Å². The van der Waals surface area contributed by atoms with Gasteiger partial charge in [0.05, 0.1) is 11.1 Å². The Morgan fingerprint density at radius 2 is 1.89 bits per heavy atom. The van der Waals surface area contributed by atoms with Gasteiger partial charge in [0.25, 0.3) is 5.91 Å². The number of esters is 1. The molecule has 0 bridgehead atoms. The summed E-state index contributed by atoms with van der Waals surface area (Å²) in [6.45, 7) is 1.94. The standard InChI is InChI=1S/C23H28N2O3/c1-15-8-2-5-11-18(15)25-21(26)14-28-23(27)22-16-9-3-6-12-19(16)24-20-13-7-4-10-17(20)22/h3,6,9,12,15,18H,2,4-5,7-8,10-11,13-14H2,1H3,(H,25,26)/t15-,18-/m1/s1. The minimum atomic E-state index is -0.413. The molecule has 2 aliphatic rings. The Balaban J connectivity index is 1.50. The minimum Gasteiger partial charge on any atom is -0.452 e. The average molecular weight is 380 g/mol. The highest BCUT2D eigenvalue weighted by atomic mass is 16.5. The molecule has 2 aromatic rings. The number of benzene rings is 1. The van der Waals surface area contributed by atoms with Gasteiger partial charge in [-0.05, 0) is 56.1 Å². The number of hydrogen-bond acceptors (Lipinski definition) is 4. The predicted octanol–water partition coefficient (Wildman–Crippen LogP) is 3.97. The molecule has 0 saturated heterocycles. The number of carbonyl (C=O) groups excluding carboxylic acids is 2. The van der Waals surface area contributed by atoms with E-state index in [1.807, 2.05) is 24.3 Å². The number of fused-ring (bicyclic) bond motifs is 2. The normalized spacial score (nSPS) is 21.8. The van der Waals surface area contributed by atoms with Gasteiger partial charge in [0, 0.05) is 17.1 Å². The number of para-hydroxylation sites is 1. The van der Waals surface area contributed by atoms with Crippen LogP contribution in [0.1, 0.15) is 67.1 Å². The van der Waals surface area contributed by atoms with E-state index >= 15 is 0 Å². The molecule has 4 rings (SSSR count). The van der Waals surface area contributed by atoms with Crippen molar-refractivity contribution in [3.63, 3.8) is 0 Å². The Morgan fingerprint density at radius 1 is 1.11 bits per heavy atom. The number of ether oxygens (including phenoxy) is 1. The smallest absolute Gasteiger partial charge is 0.339 e. The molecule has 1 saturated carbocycles. The van der Waals surface area contributed by atoms with Crippen LogP contribution in [0.25, 0.3) is 10.9 Å². The maximum absolute atomic E-state index is 13.0. The first-order chi connectivity index (χ1) is 13.6. The Bertz CT molecular complexity index is 893. The number of aryl methyl sites for hydroxylation is 1. The Kier molecular flexibility index (Phi) is 5.60. The highest BCUT2D eigenvalue weighted by Crippen LogP contribution is 2.30. The first-order valence-corrected chi connectivity index (χ1v) is 10.5. The lowest BCUT2D eigenvalue weighted by Crippen LogP contribution is -2.42. The molecule has 1 aromatic carbocycles. The molecule has 1 fully saturated rings. The Labute approximate surface area is 165 Å². The van der Waals surface area contributed by atoms with Crippen LogP contribution in [-0.2, 0) is 22.4 Å². The number of pyridine rings is 1. The van der Waals surface area contributed by atoms with Gasteiger partial charge in [0.1, 0.15) is 0 Å².